The van der Waals surface area contributed by atoms with Crippen LogP contribution in [0.5, 0.6) is 6.01 Å². The van der Waals surface area contributed by atoms with Crippen molar-refractivity contribution >= 4 is 40.4 Å². The van der Waals surface area contributed by atoms with Crippen LogP contribution in [0.3, 0.4) is 0 Å². The Morgan fingerprint density at radius 2 is 2.00 bits per heavy atom. The summed E-state index contributed by atoms with van der Waals surface area (Å²) in [7, 11) is 0. The number of nitrogens with one attached hydrogen (secondary N) is 1. The Balaban J connectivity index is 1.64. The van der Waals surface area contributed by atoms with Crippen LogP contribution in [0.4, 0.5) is 38.0 Å². The number of aryl methyl sites for hydroxylation is 1. The second-order valence-electron chi connectivity index (χ2n) is 11.2. The van der Waals surface area contributed by atoms with Crippen molar-refractivity contribution < 1.29 is 35.9 Å². The number of carbonyl (C=O) groups is 1. The first kappa shape index (κ1) is 32.5. The quantitative estimate of drug-likeness (QED) is 0.191. The first-order chi connectivity index (χ1) is 21.3. The van der Waals surface area contributed by atoms with Gasteiger partial charge in [-0.25, -0.2) is 13.8 Å². The van der Waals surface area contributed by atoms with Gasteiger partial charge in [-0.05, 0) is 38.0 Å². The number of nitrogens with zero attached hydrogens (tertiary/aromatic N) is 5. The number of piperazine rings is 1. The number of ether oxygens (including phenoxy) is 1. The maximum absolute atomic E-state index is 16.5. The highest BCUT2D eigenvalue weighted by Gasteiger charge is 2.39. The summed E-state index contributed by atoms with van der Waals surface area (Å²) in [5, 5.41) is 2.85. The molecular weight excluding hydrogens is 628 g/mol. The molecule has 2 saturated heterocycles. The second-order valence-corrected chi connectivity index (χ2v) is 11.6. The molecule has 16 heteroatoms. The van der Waals surface area contributed by atoms with Crippen molar-refractivity contribution in [2.45, 2.75) is 38.5 Å². The van der Waals surface area contributed by atoms with Crippen LogP contribution in [0, 0.1) is 18.7 Å². The van der Waals surface area contributed by atoms with Gasteiger partial charge in [-0.1, -0.05) is 11.6 Å². The van der Waals surface area contributed by atoms with E-state index in [9.17, 15) is 26.7 Å². The van der Waals surface area contributed by atoms with Gasteiger partial charge in [0.05, 0.1) is 28.5 Å². The van der Waals surface area contributed by atoms with Crippen molar-refractivity contribution in [1.29, 1.82) is 0 Å². The number of fused-ring (bicyclic) bond motifs is 1. The molecule has 0 radical (unpaired) electrons. The van der Waals surface area contributed by atoms with E-state index >= 15 is 4.39 Å². The van der Waals surface area contributed by atoms with Gasteiger partial charge in [0.2, 0.25) is 0 Å². The molecule has 2 aliphatic rings. The highest BCUT2D eigenvalue weighted by molar-refractivity contribution is 6.34. The number of allylic oxidation sites excluding steroid dienone is 1. The monoisotopic (exact) mass is 657 g/mol. The fourth-order valence-corrected chi connectivity index (χ4v) is 6.12. The highest BCUT2D eigenvalue weighted by atomic mass is 35.5. The van der Waals surface area contributed by atoms with Crippen molar-refractivity contribution in [2.75, 3.05) is 50.1 Å². The first-order valence-corrected chi connectivity index (χ1v) is 14.5. The third-order valence-corrected chi connectivity index (χ3v) is 8.19. The molecule has 0 spiro atoms. The van der Waals surface area contributed by atoms with E-state index in [0.29, 0.717) is 13.0 Å². The van der Waals surface area contributed by atoms with Crippen molar-refractivity contribution in [2.24, 2.45) is 5.92 Å². The number of pyridine rings is 1. The first-order valence-electron chi connectivity index (χ1n) is 14.1. The number of anilines is 2. The Labute approximate surface area is 259 Å². The molecule has 45 heavy (non-hydrogen) atoms. The minimum absolute atomic E-state index is 0.0246. The lowest BCUT2D eigenvalue weighted by molar-refractivity contribution is -0.137. The molecular formula is C29H30ClF6N7O2. The average Bonchev–Trinajstić information content (AvgIpc) is 3.43. The SMILES string of the molecule is Cc1cc(N)nc(-c2c(Cl)cc3c(N4CCN(C=C(F)C=O)C[C@@H]4C)nc(OC[C@@H]4C[C@@H](CF)CN4)nc3c2F)c1C(F)(F)F. The molecule has 0 unspecified atom stereocenters. The highest BCUT2D eigenvalue weighted by Crippen LogP contribution is 2.44. The van der Waals surface area contributed by atoms with E-state index in [-0.39, 0.29) is 89.7 Å². The molecule has 9 nitrogen and oxygen atoms in total. The molecule has 0 aliphatic carbocycles. The van der Waals surface area contributed by atoms with E-state index in [1.54, 1.807) is 16.7 Å². The summed E-state index contributed by atoms with van der Waals surface area (Å²) in [5.74, 6) is -2.39. The molecule has 5 rings (SSSR count). The maximum atomic E-state index is 16.5. The van der Waals surface area contributed by atoms with Crippen molar-refractivity contribution in [3.63, 3.8) is 0 Å². The molecule has 3 aromatic rings. The molecule has 1 aromatic carbocycles. The normalized spacial score (nSPS) is 21.1. The standard InChI is InChI=1S/C29H30ClF6N7O2/c1-14-5-21(37)39-26(23(14)29(34,35)36)22-20(30)7-19-25(24(22)33)40-28(45-13-18-6-16(8-31)9-38-18)41-27(19)43-4-3-42(10-15(43)2)11-17(32)12-44/h5,7,11-12,15-16,18,38H,3-4,6,8-10,13H2,1-2H3,(H2,37,39)/t15-,16-,18-/m0/s1. The lowest BCUT2D eigenvalue weighted by Gasteiger charge is -2.40. The van der Waals surface area contributed by atoms with E-state index in [1.807, 2.05) is 0 Å². The van der Waals surface area contributed by atoms with Gasteiger partial charge in [-0.3, -0.25) is 9.18 Å². The third kappa shape index (κ3) is 6.73. The molecule has 2 aliphatic heterocycles. The molecule has 0 amide bonds. The maximum Gasteiger partial charge on any atom is 0.418 e. The van der Waals surface area contributed by atoms with Crippen LogP contribution in [0.25, 0.3) is 22.2 Å². The zero-order valence-corrected chi connectivity index (χ0v) is 25.0. The van der Waals surface area contributed by atoms with Crippen LogP contribution in [0.2, 0.25) is 5.02 Å². The molecule has 2 aromatic heterocycles. The van der Waals surface area contributed by atoms with Gasteiger partial charge in [0.25, 0.3) is 0 Å². The van der Waals surface area contributed by atoms with Gasteiger partial charge in [-0.15, -0.1) is 0 Å². The summed E-state index contributed by atoms with van der Waals surface area (Å²) in [4.78, 5) is 26.8. The average molecular weight is 658 g/mol. The number of aromatic nitrogens is 3. The third-order valence-electron chi connectivity index (χ3n) is 7.89. The number of hydrogen-bond donors (Lipinski definition) is 2. The largest absolute Gasteiger partial charge is 0.462 e. The molecule has 242 valence electrons. The minimum atomic E-state index is -4.91. The summed E-state index contributed by atoms with van der Waals surface area (Å²) in [6.07, 6.45) is -3.23. The number of benzene rings is 1. The topological polar surface area (TPSA) is 110 Å². The lowest BCUT2D eigenvalue weighted by atomic mass is 9.99. The van der Waals surface area contributed by atoms with E-state index in [4.69, 9.17) is 22.1 Å². The van der Waals surface area contributed by atoms with Gasteiger partial charge in [0, 0.05) is 55.8 Å². The van der Waals surface area contributed by atoms with E-state index in [1.165, 1.54) is 13.0 Å². The summed E-state index contributed by atoms with van der Waals surface area (Å²) in [6.45, 7) is 3.74. The number of nitrogens with two attached hydrogens (primary N) is 1. The van der Waals surface area contributed by atoms with Gasteiger partial charge in [-0.2, -0.15) is 23.1 Å². The lowest BCUT2D eigenvalue weighted by Crippen LogP contribution is -2.50. The Hall–Kier alpha value is -3.85. The fourth-order valence-electron chi connectivity index (χ4n) is 5.84. The molecule has 0 bridgehead atoms. The van der Waals surface area contributed by atoms with E-state index in [2.05, 4.69) is 20.3 Å². The minimum Gasteiger partial charge on any atom is -0.462 e. The van der Waals surface area contributed by atoms with Crippen molar-refractivity contribution in [3.05, 3.63) is 46.1 Å². The van der Waals surface area contributed by atoms with Gasteiger partial charge in [0.15, 0.2) is 17.9 Å². The predicted octanol–water partition coefficient (Wildman–Crippen LogP) is 5.24. The molecule has 3 N–H and O–H groups in total. The van der Waals surface area contributed by atoms with E-state index < -0.39 is 41.3 Å². The van der Waals surface area contributed by atoms with Crippen molar-refractivity contribution in [1.82, 2.24) is 25.2 Å². The number of alkyl halides is 4. The predicted molar refractivity (Wildman–Crippen MR) is 157 cm³/mol. The smallest absolute Gasteiger partial charge is 0.418 e. The molecule has 4 heterocycles. The Morgan fingerprint density at radius 1 is 1.24 bits per heavy atom. The molecule has 3 atom stereocenters. The Morgan fingerprint density at radius 3 is 2.64 bits per heavy atom. The number of aldehydes is 1. The summed E-state index contributed by atoms with van der Waals surface area (Å²) in [5.41, 5.74) is 2.51. The van der Waals surface area contributed by atoms with Crippen LogP contribution in [0.15, 0.2) is 24.2 Å². The Bertz CT molecular complexity index is 1640. The van der Waals surface area contributed by atoms with E-state index in [0.717, 1.165) is 12.3 Å². The van der Waals surface area contributed by atoms with Gasteiger partial charge >= 0.3 is 12.2 Å². The number of nitrogen functional groups attached to an aromatic ring is 1. The zero-order valence-electron chi connectivity index (χ0n) is 24.3. The van der Waals surface area contributed by atoms with Gasteiger partial charge < -0.3 is 25.6 Å². The number of rotatable bonds is 8. The number of hydrogen-bond acceptors (Lipinski definition) is 9. The Kier molecular flexibility index (Phi) is 9.31. The summed E-state index contributed by atoms with van der Waals surface area (Å²) < 4.78 is 91.6. The van der Waals surface area contributed by atoms with Crippen molar-refractivity contribution in [3.8, 4) is 17.3 Å². The number of halogens is 7. The summed E-state index contributed by atoms with van der Waals surface area (Å²) >= 11 is 6.50. The zero-order chi connectivity index (χ0) is 32.6. The molecule has 2 fully saturated rings. The van der Waals surface area contributed by atoms with Crippen LogP contribution < -0.4 is 20.7 Å². The van der Waals surface area contributed by atoms with Gasteiger partial charge in [0.1, 0.15) is 23.8 Å². The molecule has 0 saturated carbocycles. The second kappa shape index (κ2) is 12.9. The van der Waals surface area contributed by atoms with Crippen LogP contribution in [0.1, 0.15) is 24.5 Å². The van der Waals surface area contributed by atoms with Crippen LogP contribution >= 0.6 is 11.6 Å². The number of carbonyl (C=O) groups excluding carboxylic acids is 1. The van der Waals surface area contributed by atoms with Crippen LogP contribution in [-0.4, -0.2) is 77.7 Å². The summed E-state index contributed by atoms with van der Waals surface area (Å²) in [6, 6.07) is 1.45. The van der Waals surface area contributed by atoms with Crippen LogP contribution in [-0.2, 0) is 11.0 Å². The fraction of sp³-hybridized carbons (Fsp3) is 0.448.